The van der Waals surface area contributed by atoms with Crippen LogP contribution in [0.2, 0.25) is 0 Å². The molecule has 2 amide bonds. The van der Waals surface area contributed by atoms with Gasteiger partial charge in [0.05, 0.1) is 6.61 Å². The number of esters is 1. The summed E-state index contributed by atoms with van der Waals surface area (Å²) < 4.78 is 53.6. The number of carbonyl (C=O) groups excluding carboxylic acids is 2. The SMILES string of the molecule is CCOC(=O)[C@@](NC(=O)Nc1cc(C)on1)(OCC)C(F)(F)F. The van der Waals surface area contributed by atoms with E-state index in [9.17, 15) is 22.8 Å². The lowest BCUT2D eigenvalue weighted by atomic mass is 10.2. The second kappa shape index (κ2) is 7.31. The second-order valence-electron chi connectivity index (χ2n) is 4.23. The van der Waals surface area contributed by atoms with Crippen molar-refractivity contribution in [2.45, 2.75) is 32.7 Å². The van der Waals surface area contributed by atoms with Gasteiger partial charge in [-0.25, -0.2) is 9.59 Å². The highest BCUT2D eigenvalue weighted by Gasteiger charge is 2.64. The average Bonchev–Trinajstić information content (AvgIpc) is 2.82. The Hall–Kier alpha value is -2.30. The molecule has 0 aliphatic carbocycles. The maximum Gasteiger partial charge on any atom is 0.448 e. The number of alkyl halides is 3. The number of carbonyl (C=O) groups is 2. The van der Waals surface area contributed by atoms with Gasteiger partial charge >= 0.3 is 23.9 Å². The van der Waals surface area contributed by atoms with E-state index in [0.717, 1.165) is 0 Å². The Morgan fingerprint density at radius 2 is 1.96 bits per heavy atom. The Labute approximate surface area is 129 Å². The first-order valence-corrected chi connectivity index (χ1v) is 6.56. The van der Waals surface area contributed by atoms with Gasteiger partial charge in [0.1, 0.15) is 5.76 Å². The molecule has 23 heavy (non-hydrogen) atoms. The van der Waals surface area contributed by atoms with E-state index in [1.165, 1.54) is 32.2 Å². The van der Waals surface area contributed by atoms with Gasteiger partial charge in [0.15, 0.2) is 5.82 Å². The fourth-order valence-electron chi connectivity index (χ4n) is 1.60. The van der Waals surface area contributed by atoms with Crippen LogP contribution in [0.1, 0.15) is 19.6 Å². The molecule has 0 fully saturated rings. The predicted molar refractivity (Wildman–Crippen MR) is 70.4 cm³/mol. The molecule has 1 atom stereocenters. The normalized spacial score (nSPS) is 14.0. The third kappa shape index (κ3) is 4.34. The number of hydrogen-bond donors (Lipinski definition) is 2. The zero-order valence-corrected chi connectivity index (χ0v) is 12.6. The molecule has 1 aromatic rings. The molecule has 2 N–H and O–H groups in total. The zero-order chi connectivity index (χ0) is 17.7. The van der Waals surface area contributed by atoms with Crippen molar-refractivity contribution in [1.29, 1.82) is 0 Å². The fourth-order valence-corrected chi connectivity index (χ4v) is 1.60. The van der Waals surface area contributed by atoms with Crippen molar-refractivity contribution in [2.24, 2.45) is 0 Å². The summed E-state index contributed by atoms with van der Waals surface area (Å²) in [5, 5.41) is 6.85. The molecule has 1 rings (SSSR count). The Morgan fingerprint density at radius 3 is 2.39 bits per heavy atom. The highest BCUT2D eigenvalue weighted by atomic mass is 19.4. The lowest BCUT2D eigenvalue weighted by molar-refractivity contribution is -0.282. The Balaban J connectivity index is 3.03. The summed E-state index contributed by atoms with van der Waals surface area (Å²) in [5.41, 5.74) is -3.62. The minimum Gasteiger partial charge on any atom is -0.462 e. The summed E-state index contributed by atoms with van der Waals surface area (Å²) in [6.45, 7) is 3.26. The first kappa shape index (κ1) is 18.7. The van der Waals surface area contributed by atoms with Crippen molar-refractivity contribution in [1.82, 2.24) is 10.5 Å². The number of ether oxygens (including phenoxy) is 2. The van der Waals surface area contributed by atoms with Gasteiger partial charge in [0.2, 0.25) is 0 Å². The first-order chi connectivity index (χ1) is 10.7. The highest BCUT2D eigenvalue weighted by molar-refractivity contribution is 5.93. The molecule has 0 aromatic carbocycles. The van der Waals surface area contributed by atoms with Crippen molar-refractivity contribution in [3.63, 3.8) is 0 Å². The summed E-state index contributed by atoms with van der Waals surface area (Å²) in [6.07, 6.45) is -5.24. The third-order valence-corrected chi connectivity index (χ3v) is 2.48. The summed E-state index contributed by atoms with van der Waals surface area (Å²) in [6, 6.07) is -0.0861. The molecule has 1 heterocycles. The van der Waals surface area contributed by atoms with Crippen LogP contribution in [0.3, 0.4) is 0 Å². The number of rotatable bonds is 6. The van der Waals surface area contributed by atoms with Gasteiger partial charge in [-0.1, -0.05) is 5.16 Å². The number of amides is 2. The summed E-state index contributed by atoms with van der Waals surface area (Å²) in [7, 11) is 0. The standard InChI is InChI=1S/C12H16F3N3O5/c1-4-21-9(19)11(22-5-2,12(13,14)15)17-10(20)16-8-6-7(3)23-18-8/h6H,4-5H2,1-3H3,(H2,16,17,18,20)/t11-/m1/s1. The molecular formula is C12H16F3N3O5. The lowest BCUT2D eigenvalue weighted by Crippen LogP contribution is -2.67. The number of aromatic nitrogens is 1. The fraction of sp³-hybridized carbons (Fsp3) is 0.583. The van der Waals surface area contributed by atoms with Crippen LogP contribution in [0.5, 0.6) is 0 Å². The van der Waals surface area contributed by atoms with Crippen LogP contribution in [-0.2, 0) is 14.3 Å². The van der Waals surface area contributed by atoms with Crippen LogP contribution < -0.4 is 10.6 Å². The highest BCUT2D eigenvalue weighted by Crippen LogP contribution is 2.33. The molecule has 8 nitrogen and oxygen atoms in total. The predicted octanol–water partition coefficient (Wildman–Crippen LogP) is 1.96. The Morgan fingerprint density at radius 1 is 1.30 bits per heavy atom. The van der Waals surface area contributed by atoms with E-state index in [0.29, 0.717) is 5.76 Å². The molecule has 0 bridgehead atoms. The molecule has 1 aromatic heterocycles. The quantitative estimate of drug-likeness (QED) is 0.607. The largest absolute Gasteiger partial charge is 0.462 e. The van der Waals surface area contributed by atoms with Gasteiger partial charge < -0.3 is 14.0 Å². The number of aryl methyl sites for hydroxylation is 1. The lowest BCUT2D eigenvalue weighted by Gasteiger charge is -2.33. The molecule has 0 aliphatic heterocycles. The van der Waals surface area contributed by atoms with Crippen LogP contribution in [-0.4, -0.2) is 42.3 Å². The number of nitrogens with zero attached hydrogens (tertiary/aromatic N) is 1. The number of halogens is 3. The van der Waals surface area contributed by atoms with Gasteiger partial charge in [-0.05, 0) is 20.8 Å². The summed E-state index contributed by atoms with van der Waals surface area (Å²) in [5.74, 6) is -1.57. The van der Waals surface area contributed by atoms with E-state index < -0.39 is 30.5 Å². The van der Waals surface area contributed by atoms with E-state index in [4.69, 9.17) is 0 Å². The molecule has 11 heteroatoms. The second-order valence-corrected chi connectivity index (χ2v) is 4.23. The molecule has 0 saturated heterocycles. The first-order valence-electron chi connectivity index (χ1n) is 6.56. The van der Waals surface area contributed by atoms with E-state index in [-0.39, 0.29) is 12.4 Å². The Bertz CT molecular complexity index is 560. The molecular weight excluding hydrogens is 323 g/mol. The third-order valence-electron chi connectivity index (χ3n) is 2.48. The maximum absolute atomic E-state index is 13.3. The van der Waals surface area contributed by atoms with Crippen LogP contribution in [0.15, 0.2) is 10.6 Å². The van der Waals surface area contributed by atoms with Gasteiger partial charge in [-0.15, -0.1) is 0 Å². The van der Waals surface area contributed by atoms with Crippen LogP contribution in [0, 0.1) is 6.92 Å². The van der Waals surface area contributed by atoms with Crippen molar-refractivity contribution in [3.8, 4) is 0 Å². The molecule has 0 unspecified atom stereocenters. The van der Waals surface area contributed by atoms with Crippen molar-refractivity contribution < 1.29 is 36.8 Å². The number of nitrogens with one attached hydrogen (secondary N) is 2. The van der Waals surface area contributed by atoms with Crippen LogP contribution in [0.25, 0.3) is 0 Å². The maximum atomic E-state index is 13.3. The minimum atomic E-state index is -5.24. The van der Waals surface area contributed by atoms with Crippen molar-refractivity contribution in [2.75, 3.05) is 18.5 Å². The summed E-state index contributed by atoms with van der Waals surface area (Å²) >= 11 is 0. The molecule has 0 radical (unpaired) electrons. The van der Waals surface area contributed by atoms with Crippen LogP contribution in [0.4, 0.5) is 23.8 Å². The van der Waals surface area contributed by atoms with E-state index in [2.05, 4.69) is 19.2 Å². The average molecular weight is 339 g/mol. The van der Waals surface area contributed by atoms with E-state index in [1.807, 2.05) is 5.32 Å². The molecule has 130 valence electrons. The van der Waals surface area contributed by atoms with Crippen molar-refractivity contribution in [3.05, 3.63) is 11.8 Å². The van der Waals surface area contributed by atoms with Gasteiger partial charge in [-0.2, -0.15) is 13.2 Å². The van der Waals surface area contributed by atoms with Crippen LogP contribution >= 0.6 is 0 Å². The summed E-state index contributed by atoms with van der Waals surface area (Å²) in [4.78, 5) is 23.5. The van der Waals surface area contributed by atoms with E-state index in [1.54, 1.807) is 0 Å². The number of urea groups is 1. The number of hydrogen-bond acceptors (Lipinski definition) is 6. The van der Waals surface area contributed by atoms with Crippen molar-refractivity contribution >= 4 is 17.8 Å². The zero-order valence-electron chi connectivity index (χ0n) is 12.6. The van der Waals surface area contributed by atoms with Gasteiger partial charge in [0.25, 0.3) is 0 Å². The van der Waals surface area contributed by atoms with Gasteiger partial charge in [0, 0.05) is 12.7 Å². The Kier molecular flexibility index (Phi) is 5.96. The number of anilines is 1. The topological polar surface area (TPSA) is 103 Å². The monoisotopic (exact) mass is 339 g/mol. The van der Waals surface area contributed by atoms with E-state index >= 15 is 0 Å². The minimum absolute atomic E-state index is 0.128. The molecule has 0 spiro atoms. The molecule has 0 aliphatic rings. The smallest absolute Gasteiger partial charge is 0.448 e. The van der Waals surface area contributed by atoms with Gasteiger partial charge in [-0.3, -0.25) is 10.6 Å². The molecule has 0 saturated carbocycles.